The Morgan fingerprint density at radius 2 is 1.33 bits per heavy atom. The van der Waals surface area contributed by atoms with E-state index in [-0.39, 0.29) is 17.5 Å². The van der Waals surface area contributed by atoms with Crippen molar-refractivity contribution in [3.63, 3.8) is 0 Å². The van der Waals surface area contributed by atoms with Crippen LogP contribution in [-0.4, -0.2) is 30.1 Å². The normalized spacial score (nSPS) is 25.5. The third-order valence-electron chi connectivity index (χ3n) is 11.2. The second kappa shape index (κ2) is 9.57. The first-order valence-corrected chi connectivity index (χ1v) is 16.0. The van der Waals surface area contributed by atoms with Gasteiger partial charge in [0.05, 0.1) is 5.41 Å². The Hall–Kier alpha value is -4.86. The minimum atomic E-state index is -1.09. The SMILES string of the molecule is CN1C[C@H](c2cccc3ccccc23)[C@]2(CCC/C(=C\c3cccc4ccccc34)C2=O)[C@]12C(=O)c1cccc3cccc2c13. The lowest BCUT2D eigenvalue weighted by Gasteiger charge is -2.49. The monoisotopic (exact) mass is 583 g/mol. The molecule has 0 radical (unpaired) electrons. The number of ketones is 2. The highest BCUT2D eigenvalue weighted by Gasteiger charge is 2.73. The Morgan fingerprint density at radius 3 is 2.16 bits per heavy atom. The van der Waals surface area contributed by atoms with Crippen LogP contribution in [0.5, 0.6) is 0 Å². The highest BCUT2D eigenvalue weighted by Crippen LogP contribution is 2.67. The van der Waals surface area contributed by atoms with E-state index < -0.39 is 11.0 Å². The zero-order valence-electron chi connectivity index (χ0n) is 25.3. The second-order valence-corrected chi connectivity index (χ2v) is 13.1. The molecule has 0 amide bonds. The largest absolute Gasteiger partial charge is 0.294 e. The lowest BCUT2D eigenvalue weighted by Crippen LogP contribution is -2.59. The molecule has 1 saturated carbocycles. The molecule has 0 bridgehead atoms. The molecule has 0 unspecified atom stereocenters. The molecule has 0 aromatic heterocycles. The number of nitrogens with zero attached hydrogens (tertiary/aromatic N) is 1. The summed E-state index contributed by atoms with van der Waals surface area (Å²) >= 11 is 0. The summed E-state index contributed by atoms with van der Waals surface area (Å²) in [5.74, 6) is 0.0345. The van der Waals surface area contributed by atoms with Crippen LogP contribution in [-0.2, 0) is 10.3 Å². The lowest BCUT2D eigenvalue weighted by atomic mass is 9.52. The van der Waals surface area contributed by atoms with Crippen molar-refractivity contribution in [3.8, 4) is 0 Å². The number of carbonyl (C=O) groups excluding carboxylic acids is 2. The van der Waals surface area contributed by atoms with E-state index in [1.807, 2.05) is 12.1 Å². The van der Waals surface area contributed by atoms with E-state index in [4.69, 9.17) is 0 Å². The van der Waals surface area contributed by atoms with Gasteiger partial charge in [-0.25, -0.2) is 0 Å². The molecule has 6 aromatic carbocycles. The van der Waals surface area contributed by atoms with Gasteiger partial charge >= 0.3 is 0 Å². The van der Waals surface area contributed by atoms with Gasteiger partial charge in [0.25, 0.3) is 0 Å². The van der Waals surface area contributed by atoms with Gasteiger partial charge in [0.2, 0.25) is 0 Å². The average molecular weight is 584 g/mol. The summed E-state index contributed by atoms with van der Waals surface area (Å²) in [7, 11) is 2.07. The predicted molar refractivity (Wildman–Crippen MR) is 182 cm³/mol. The molecular weight excluding hydrogens is 550 g/mol. The van der Waals surface area contributed by atoms with Crippen molar-refractivity contribution >= 4 is 50.0 Å². The number of carbonyl (C=O) groups is 2. The first-order valence-electron chi connectivity index (χ1n) is 16.0. The maximum absolute atomic E-state index is 15.7. The Bertz CT molecular complexity index is 2250. The van der Waals surface area contributed by atoms with Gasteiger partial charge in [0.1, 0.15) is 5.54 Å². The summed E-state index contributed by atoms with van der Waals surface area (Å²) in [5, 5.41) is 6.68. The molecular formula is C42H33NO2. The highest BCUT2D eigenvalue weighted by atomic mass is 16.1. The number of likely N-dealkylation sites (N-methyl/N-ethyl adjacent to an activating group) is 1. The maximum atomic E-state index is 15.7. The fraction of sp³-hybridized carbons (Fsp3) is 0.190. The number of benzene rings is 6. The Labute approximate surface area is 262 Å². The molecule has 3 atom stereocenters. The molecule has 1 aliphatic heterocycles. The molecule has 3 aliphatic rings. The quantitative estimate of drug-likeness (QED) is 0.191. The van der Waals surface area contributed by atoms with Gasteiger partial charge in [0, 0.05) is 18.0 Å². The van der Waals surface area contributed by atoms with Crippen LogP contribution in [0, 0.1) is 5.41 Å². The standard InChI is InChI=1S/C42H33NO2/c1-43-26-37(34-21-7-14-28-12-3-5-20-33(28)34)41(42(43)36-23-9-16-29-15-8-22-35(38(29)36)40(42)45)24-10-18-31(39(41)44)25-30-17-6-13-27-11-2-4-19-32(27)30/h2-9,11-17,19-23,25,37H,10,18,24,26H2,1H3/b31-25+/t37-,41+,42+/m1/s1. The molecule has 0 N–H and O–H groups in total. The van der Waals surface area contributed by atoms with E-state index in [2.05, 4.69) is 127 Å². The van der Waals surface area contributed by atoms with E-state index in [1.54, 1.807) is 0 Å². The molecule has 1 saturated heterocycles. The van der Waals surface area contributed by atoms with Crippen molar-refractivity contribution in [2.45, 2.75) is 30.7 Å². The minimum Gasteiger partial charge on any atom is -0.294 e. The van der Waals surface area contributed by atoms with E-state index in [0.717, 1.165) is 66.6 Å². The lowest BCUT2D eigenvalue weighted by molar-refractivity contribution is -0.132. The molecule has 45 heavy (non-hydrogen) atoms. The van der Waals surface area contributed by atoms with Crippen molar-refractivity contribution < 1.29 is 9.59 Å². The molecule has 218 valence electrons. The summed E-state index contributed by atoms with van der Waals surface area (Å²) in [4.78, 5) is 33.1. The molecule has 3 nitrogen and oxygen atoms in total. The Morgan fingerprint density at radius 1 is 0.689 bits per heavy atom. The van der Waals surface area contributed by atoms with Crippen molar-refractivity contribution in [3.05, 3.63) is 149 Å². The molecule has 3 heteroatoms. The number of likely N-dealkylation sites (tertiary alicyclic amines) is 1. The van der Waals surface area contributed by atoms with Crippen molar-refractivity contribution in [2.24, 2.45) is 5.41 Å². The van der Waals surface area contributed by atoms with Crippen molar-refractivity contribution in [1.29, 1.82) is 0 Å². The van der Waals surface area contributed by atoms with Gasteiger partial charge in [-0.2, -0.15) is 0 Å². The molecule has 2 spiro atoms. The molecule has 9 rings (SSSR count). The molecule has 2 fully saturated rings. The molecule has 2 aliphatic carbocycles. The Balaban J connectivity index is 1.34. The van der Waals surface area contributed by atoms with Gasteiger partial charge in [-0.3, -0.25) is 14.5 Å². The fourth-order valence-electron chi connectivity index (χ4n) is 9.50. The number of hydrogen-bond donors (Lipinski definition) is 0. The summed E-state index contributed by atoms with van der Waals surface area (Å²) in [6.07, 6.45) is 4.34. The Kier molecular flexibility index (Phi) is 5.64. The first kappa shape index (κ1) is 26.5. The van der Waals surface area contributed by atoms with Gasteiger partial charge in [-0.15, -0.1) is 0 Å². The van der Waals surface area contributed by atoms with Crippen molar-refractivity contribution in [1.82, 2.24) is 4.90 Å². The first-order chi connectivity index (χ1) is 22.1. The smallest absolute Gasteiger partial charge is 0.189 e. The number of Topliss-reactive ketones (excluding diaryl/α,β-unsaturated/α-hetero) is 2. The van der Waals surface area contributed by atoms with Gasteiger partial charge in [0.15, 0.2) is 11.6 Å². The van der Waals surface area contributed by atoms with Crippen LogP contribution >= 0.6 is 0 Å². The van der Waals surface area contributed by atoms with Crippen LogP contribution in [0.1, 0.15) is 52.2 Å². The summed E-state index contributed by atoms with van der Waals surface area (Å²) in [6, 6.07) is 41.9. The number of rotatable bonds is 2. The zero-order valence-corrected chi connectivity index (χ0v) is 25.3. The van der Waals surface area contributed by atoms with E-state index in [1.165, 1.54) is 0 Å². The van der Waals surface area contributed by atoms with Gasteiger partial charge in [-0.1, -0.05) is 121 Å². The average Bonchev–Trinajstić information content (AvgIpc) is 3.49. The van der Waals surface area contributed by atoms with Crippen LogP contribution in [0.15, 0.2) is 127 Å². The van der Waals surface area contributed by atoms with Gasteiger partial charge in [-0.05, 0) is 87.0 Å². The number of fused-ring (bicyclic) bond motifs is 4. The van der Waals surface area contributed by atoms with Crippen LogP contribution < -0.4 is 0 Å². The predicted octanol–water partition coefficient (Wildman–Crippen LogP) is 9.09. The van der Waals surface area contributed by atoms with Crippen LogP contribution in [0.2, 0.25) is 0 Å². The third-order valence-corrected chi connectivity index (χ3v) is 11.2. The fourth-order valence-corrected chi connectivity index (χ4v) is 9.50. The van der Waals surface area contributed by atoms with Crippen LogP contribution in [0.4, 0.5) is 0 Å². The van der Waals surface area contributed by atoms with E-state index in [9.17, 15) is 0 Å². The topological polar surface area (TPSA) is 37.4 Å². The minimum absolute atomic E-state index is 0.0688. The van der Waals surface area contributed by atoms with Gasteiger partial charge < -0.3 is 0 Å². The number of hydrogen-bond acceptors (Lipinski definition) is 3. The number of allylic oxidation sites excluding steroid dienone is 1. The summed E-state index contributed by atoms with van der Waals surface area (Å²) < 4.78 is 0. The van der Waals surface area contributed by atoms with E-state index in [0.29, 0.717) is 19.4 Å². The zero-order chi connectivity index (χ0) is 30.3. The highest BCUT2D eigenvalue weighted by molar-refractivity contribution is 6.24. The second-order valence-electron chi connectivity index (χ2n) is 13.1. The molecule has 6 aromatic rings. The summed E-state index contributed by atoms with van der Waals surface area (Å²) in [6.45, 7) is 0.622. The maximum Gasteiger partial charge on any atom is 0.189 e. The van der Waals surface area contributed by atoms with Crippen molar-refractivity contribution in [2.75, 3.05) is 13.6 Å². The van der Waals surface area contributed by atoms with Crippen LogP contribution in [0.25, 0.3) is 38.4 Å². The molecule has 1 heterocycles. The summed E-state index contributed by atoms with van der Waals surface area (Å²) in [5.41, 5.74) is 2.72. The third kappa shape index (κ3) is 3.34. The van der Waals surface area contributed by atoms with E-state index >= 15 is 9.59 Å². The van der Waals surface area contributed by atoms with Crippen LogP contribution in [0.3, 0.4) is 0 Å².